The van der Waals surface area contributed by atoms with E-state index < -0.39 is 0 Å². The van der Waals surface area contributed by atoms with Gasteiger partial charge in [-0.3, -0.25) is 0 Å². The molecule has 2 fully saturated rings. The third-order valence-electron chi connectivity index (χ3n) is 4.06. The maximum Gasteiger partial charge on any atom is 0.224 e. The van der Waals surface area contributed by atoms with E-state index in [0.717, 1.165) is 38.4 Å². The summed E-state index contributed by atoms with van der Waals surface area (Å²) in [5, 5.41) is 3.77. The number of hydrogen-bond donors (Lipinski definition) is 1. The van der Waals surface area contributed by atoms with E-state index in [4.69, 9.17) is 16.3 Å². The van der Waals surface area contributed by atoms with E-state index in [2.05, 4.69) is 20.2 Å². The quantitative estimate of drug-likeness (QED) is 0.929. The highest BCUT2D eigenvalue weighted by Crippen LogP contribution is 2.34. The molecule has 2 atom stereocenters. The summed E-state index contributed by atoms with van der Waals surface area (Å²) in [7, 11) is 0. The second-order valence-electron chi connectivity index (χ2n) is 5.35. The van der Waals surface area contributed by atoms with Gasteiger partial charge in [0, 0.05) is 13.1 Å². The standard InChI is InChI=1S/C14H21ClN4O/c1-2-16-14-17-9-10(15)13(18-14)19-7-8-20-12-6-4-3-5-11(12)19/h9,11-12H,2-8H2,1H3,(H,16,17,18). The van der Waals surface area contributed by atoms with Crippen molar-refractivity contribution in [3.8, 4) is 0 Å². The Balaban J connectivity index is 1.88. The molecule has 6 heteroatoms. The fraction of sp³-hybridized carbons (Fsp3) is 0.714. The number of nitrogens with one attached hydrogen (secondary N) is 1. The number of ether oxygens (including phenoxy) is 1. The van der Waals surface area contributed by atoms with Gasteiger partial charge in [0.25, 0.3) is 0 Å². The van der Waals surface area contributed by atoms with Crippen molar-refractivity contribution in [2.24, 2.45) is 0 Å². The second-order valence-corrected chi connectivity index (χ2v) is 5.76. The molecule has 0 aromatic carbocycles. The third kappa shape index (κ3) is 2.69. The zero-order valence-electron chi connectivity index (χ0n) is 11.8. The zero-order chi connectivity index (χ0) is 13.9. The summed E-state index contributed by atoms with van der Waals surface area (Å²) in [6, 6.07) is 0.402. The lowest BCUT2D eigenvalue weighted by atomic mass is 9.90. The minimum atomic E-state index is 0.325. The molecule has 0 bridgehead atoms. The first-order chi connectivity index (χ1) is 9.79. The van der Waals surface area contributed by atoms with Gasteiger partial charge >= 0.3 is 0 Å². The van der Waals surface area contributed by atoms with Crippen molar-refractivity contribution in [1.82, 2.24) is 9.97 Å². The Morgan fingerprint density at radius 1 is 1.45 bits per heavy atom. The van der Waals surface area contributed by atoms with Gasteiger partial charge in [0.2, 0.25) is 5.95 Å². The van der Waals surface area contributed by atoms with Crippen LogP contribution in [0.2, 0.25) is 5.02 Å². The average molecular weight is 297 g/mol. The van der Waals surface area contributed by atoms with Gasteiger partial charge < -0.3 is 15.0 Å². The molecule has 2 aliphatic rings. The van der Waals surface area contributed by atoms with Crippen molar-refractivity contribution in [3.63, 3.8) is 0 Å². The van der Waals surface area contributed by atoms with E-state index in [-0.39, 0.29) is 0 Å². The Kier molecular flexibility index (Phi) is 4.27. The summed E-state index contributed by atoms with van der Waals surface area (Å²) >= 11 is 6.33. The van der Waals surface area contributed by atoms with Crippen molar-refractivity contribution in [1.29, 1.82) is 0 Å². The molecular weight excluding hydrogens is 276 g/mol. The van der Waals surface area contributed by atoms with Crippen LogP contribution < -0.4 is 10.2 Å². The molecule has 1 aliphatic heterocycles. The van der Waals surface area contributed by atoms with Gasteiger partial charge in [-0.05, 0) is 19.8 Å². The van der Waals surface area contributed by atoms with Crippen molar-refractivity contribution in [3.05, 3.63) is 11.2 Å². The van der Waals surface area contributed by atoms with Gasteiger partial charge in [-0.2, -0.15) is 4.98 Å². The predicted octanol–water partition coefficient (Wildman–Crippen LogP) is 2.71. The first-order valence-electron chi connectivity index (χ1n) is 7.44. The lowest BCUT2D eigenvalue weighted by Crippen LogP contribution is -2.53. The van der Waals surface area contributed by atoms with Crippen LogP contribution in [0.4, 0.5) is 11.8 Å². The van der Waals surface area contributed by atoms with Crippen LogP contribution >= 0.6 is 11.6 Å². The van der Waals surface area contributed by atoms with Crippen molar-refractivity contribution >= 4 is 23.4 Å². The summed E-state index contributed by atoms with van der Waals surface area (Å²) in [4.78, 5) is 11.1. The van der Waals surface area contributed by atoms with E-state index in [1.165, 1.54) is 12.8 Å². The van der Waals surface area contributed by atoms with E-state index >= 15 is 0 Å². The third-order valence-corrected chi connectivity index (χ3v) is 4.33. The number of nitrogens with zero attached hydrogens (tertiary/aromatic N) is 3. The zero-order valence-corrected chi connectivity index (χ0v) is 12.6. The van der Waals surface area contributed by atoms with Gasteiger partial charge in [-0.25, -0.2) is 4.98 Å². The van der Waals surface area contributed by atoms with Gasteiger partial charge in [-0.15, -0.1) is 0 Å². The lowest BCUT2D eigenvalue weighted by Gasteiger charge is -2.44. The van der Waals surface area contributed by atoms with Crippen molar-refractivity contribution < 1.29 is 4.74 Å². The molecule has 1 aromatic heterocycles. The lowest BCUT2D eigenvalue weighted by molar-refractivity contribution is -0.00897. The number of anilines is 2. The summed E-state index contributed by atoms with van der Waals surface area (Å²) in [6.45, 7) is 4.43. The predicted molar refractivity (Wildman–Crippen MR) is 80.5 cm³/mol. The highest BCUT2D eigenvalue weighted by atomic mass is 35.5. The Morgan fingerprint density at radius 2 is 2.30 bits per heavy atom. The van der Waals surface area contributed by atoms with Gasteiger partial charge in [0.15, 0.2) is 5.82 Å². The monoisotopic (exact) mass is 296 g/mol. The minimum absolute atomic E-state index is 0.325. The SMILES string of the molecule is CCNc1ncc(Cl)c(N2CCOC3CCCCC32)n1. The van der Waals surface area contributed by atoms with E-state index in [9.17, 15) is 0 Å². The Hall–Kier alpha value is -1.07. The molecule has 0 amide bonds. The molecule has 1 saturated carbocycles. The van der Waals surface area contributed by atoms with Crippen LogP contribution in [0.5, 0.6) is 0 Å². The average Bonchev–Trinajstić information content (AvgIpc) is 2.49. The van der Waals surface area contributed by atoms with Crippen molar-refractivity contribution in [2.45, 2.75) is 44.8 Å². The van der Waals surface area contributed by atoms with Gasteiger partial charge in [0.1, 0.15) is 5.02 Å². The maximum absolute atomic E-state index is 6.33. The smallest absolute Gasteiger partial charge is 0.224 e. The number of morpholine rings is 1. The van der Waals surface area contributed by atoms with Crippen LogP contribution in [-0.4, -0.2) is 41.8 Å². The molecule has 20 heavy (non-hydrogen) atoms. The molecule has 2 heterocycles. The van der Waals surface area contributed by atoms with E-state index in [1.54, 1.807) is 6.20 Å². The Labute approximate surface area is 124 Å². The van der Waals surface area contributed by atoms with E-state index in [1.807, 2.05) is 6.92 Å². The summed E-state index contributed by atoms with van der Waals surface area (Å²) in [6.07, 6.45) is 6.82. The molecule has 2 unspecified atom stereocenters. The molecule has 5 nitrogen and oxygen atoms in total. The van der Waals surface area contributed by atoms with Crippen LogP contribution in [0, 0.1) is 0 Å². The number of hydrogen-bond acceptors (Lipinski definition) is 5. The molecule has 1 N–H and O–H groups in total. The number of halogens is 1. The van der Waals surface area contributed by atoms with Crippen LogP contribution in [0.1, 0.15) is 32.6 Å². The Bertz CT molecular complexity index is 468. The second kappa shape index (κ2) is 6.14. The number of rotatable bonds is 3. The fourth-order valence-electron chi connectivity index (χ4n) is 3.16. The van der Waals surface area contributed by atoms with Gasteiger partial charge in [0.05, 0.1) is 24.9 Å². The van der Waals surface area contributed by atoms with Crippen LogP contribution in [0.25, 0.3) is 0 Å². The molecular formula is C14H21ClN4O. The first kappa shape index (κ1) is 13.9. The highest BCUT2D eigenvalue weighted by molar-refractivity contribution is 6.32. The van der Waals surface area contributed by atoms with Gasteiger partial charge in [-0.1, -0.05) is 24.4 Å². The normalized spacial score (nSPS) is 26.2. The Morgan fingerprint density at radius 3 is 3.15 bits per heavy atom. The van der Waals surface area contributed by atoms with E-state index in [0.29, 0.717) is 23.1 Å². The van der Waals surface area contributed by atoms with Crippen LogP contribution in [0.3, 0.4) is 0 Å². The molecule has 110 valence electrons. The minimum Gasteiger partial charge on any atom is -0.374 e. The number of fused-ring (bicyclic) bond motifs is 1. The fourth-order valence-corrected chi connectivity index (χ4v) is 3.36. The van der Waals surface area contributed by atoms with Crippen molar-refractivity contribution in [2.75, 3.05) is 29.9 Å². The first-order valence-corrected chi connectivity index (χ1v) is 7.82. The molecule has 1 aliphatic carbocycles. The summed E-state index contributed by atoms with van der Waals surface area (Å²) in [5.41, 5.74) is 0. The topological polar surface area (TPSA) is 50.3 Å². The highest BCUT2D eigenvalue weighted by Gasteiger charge is 2.35. The summed E-state index contributed by atoms with van der Waals surface area (Å²) in [5.74, 6) is 1.49. The maximum atomic E-state index is 6.33. The molecule has 0 spiro atoms. The molecule has 0 radical (unpaired) electrons. The van der Waals surface area contributed by atoms with Crippen LogP contribution in [-0.2, 0) is 4.74 Å². The largest absolute Gasteiger partial charge is 0.374 e. The summed E-state index contributed by atoms with van der Waals surface area (Å²) < 4.78 is 5.91. The molecule has 1 saturated heterocycles. The number of aromatic nitrogens is 2. The molecule has 1 aromatic rings. The van der Waals surface area contributed by atoms with Crippen LogP contribution in [0.15, 0.2) is 6.20 Å². The molecule has 3 rings (SSSR count).